The highest BCUT2D eigenvalue weighted by atomic mass is 32.1. The normalized spacial score (nSPS) is 16.5. The SMILES string of the molecule is Cc1nnc(-c2cnc3cnc(NC(=O)C4(F)CCCCC4)cc3c2)s1. The van der Waals surface area contributed by atoms with E-state index in [1.165, 1.54) is 11.3 Å². The molecule has 1 saturated carbocycles. The van der Waals surface area contributed by atoms with Crippen molar-refractivity contribution in [3.63, 3.8) is 0 Å². The van der Waals surface area contributed by atoms with Crippen LogP contribution in [0, 0.1) is 6.92 Å². The number of aryl methyl sites for hydroxylation is 1. The number of rotatable bonds is 3. The molecule has 8 heteroatoms. The number of anilines is 1. The molecule has 26 heavy (non-hydrogen) atoms. The second-order valence-corrected chi connectivity index (χ2v) is 7.77. The molecule has 1 aliphatic rings. The minimum Gasteiger partial charge on any atom is -0.308 e. The lowest BCUT2D eigenvalue weighted by molar-refractivity contribution is -0.129. The van der Waals surface area contributed by atoms with Crippen LogP contribution >= 0.6 is 11.3 Å². The predicted molar refractivity (Wildman–Crippen MR) is 98.7 cm³/mol. The van der Waals surface area contributed by atoms with Gasteiger partial charge in [0.2, 0.25) is 0 Å². The van der Waals surface area contributed by atoms with Gasteiger partial charge in [0.15, 0.2) is 5.67 Å². The Morgan fingerprint density at radius 3 is 2.69 bits per heavy atom. The molecule has 1 fully saturated rings. The third-order valence-electron chi connectivity index (χ3n) is 4.64. The Kier molecular flexibility index (Phi) is 4.36. The molecule has 0 aromatic carbocycles. The third kappa shape index (κ3) is 3.29. The van der Waals surface area contributed by atoms with Gasteiger partial charge in [-0.15, -0.1) is 10.2 Å². The van der Waals surface area contributed by atoms with Gasteiger partial charge >= 0.3 is 0 Å². The zero-order valence-corrected chi connectivity index (χ0v) is 15.1. The second kappa shape index (κ2) is 6.68. The number of hydrogen-bond acceptors (Lipinski definition) is 6. The van der Waals surface area contributed by atoms with Crippen LogP contribution in [0.25, 0.3) is 21.5 Å². The minimum atomic E-state index is -1.79. The standard InChI is InChI=1S/C18H18FN5OS/c1-11-23-24-16(26-11)13-7-12-8-15(21-10-14(12)20-9-13)22-17(25)18(19)5-3-2-4-6-18/h7-10H,2-6H2,1H3,(H,21,22,25). The molecule has 6 nitrogen and oxygen atoms in total. The summed E-state index contributed by atoms with van der Waals surface area (Å²) in [6.07, 6.45) is 6.30. The molecule has 0 radical (unpaired) electrons. The van der Waals surface area contributed by atoms with Gasteiger partial charge in [-0.2, -0.15) is 0 Å². The van der Waals surface area contributed by atoms with Crippen molar-refractivity contribution in [2.24, 2.45) is 0 Å². The number of nitrogens with zero attached hydrogens (tertiary/aromatic N) is 4. The van der Waals surface area contributed by atoms with Crippen LogP contribution in [0.5, 0.6) is 0 Å². The molecular formula is C18H18FN5OS. The van der Waals surface area contributed by atoms with E-state index in [-0.39, 0.29) is 12.8 Å². The highest BCUT2D eigenvalue weighted by Gasteiger charge is 2.39. The highest BCUT2D eigenvalue weighted by molar-refractivity contribution is 7.14. The summed E-state index contributed by atoms with van der Waals surface area (Å²) in [5.41, 5.74) is -0.250. The van der Waals surface area contributed by atoms with Gasteiger partial charge in [-0.05, 0) is 44.7 Å². The monoisotopic (exact) mass is 371 g/mol. The Morgan fingerprint density at radius 1 is 1.15 bits per heavy atom. The number of aromatic nitrogens is 4. The number of alkyl halides is 1. The van der Waals surface area contributed by atoms with Crippen LogP contribution in [0.1, 0.15) is 37.1 Å². The molecule has 0 spiro atoms. The summed E-state index contributed by atoms with van der Waals surface area (Å²) in [7, 11) is 0. The van der Waals surface area contributed by atoms with Gasteiger partial charge in [0.05, 0.1) is 11.7 Å². The molecule has 0 saturated heterocycles. The van der Waals surface area contributed by atoms with E-state index in [1.54, 1.807) is 18.5 Å². The van der Waals surface area contributed by atoms with E-state index >= 15 is 0 Å². The summed E-state index contributed by atoms with van der Waals surface area (Å²) in [6, 6.07) is 3.63. The zero-order valence-electron chi connectivity index (χ0n) is 14.3. The molecule has 1 amide bonds. The van der Waals surface area contributed by atoms with Crippen LogP contribution in [-0.4, -0.2) is 31.7 Å². The van der Waals surface area contributed by atoms with Crippen molar-refractivity contribution in [1.29, 1.82) is 0 Å². The molecule has 1 aliphatic carbocycles. The van der Waals surface area contributed by atoms with E-state index in [2.05, 4.69) is 25.5 Å². The lowest BCUT2D eigenvalue weighted by Crippen LogP contribution is -2.40. The Hall–Kier alpha value is -2.48. The molecule has 3 heterocycles. The second-order valence-electron chi connectivity index (χ2n) is 6.59. The number of nitrogens with one attached hydrogen (secondary N) is 1. The first-order chi connectivity index (χ1) is 12.5. The topological polar surface area (TPSA) is 80.7 Å². The fourth-order valence-electron chi connectivity index (χ4n) is 3.20. The maximum absolute atomic E-state index is 14.8. The molecule has 0 aliphatic heterocycles. The summed E-state index contributed by atoms with van der Waals surface area (Å²) >= 11 is 1.49. The van der Waals surface area contributed by atoms with Crippen LogP contribution in [0.3, 0.4) is 0 Å². The summed E-state index contributed by atoms with van der Waals surface area (Å²) < 4.78 is 14.8. The number of amides is 1. The van der Waals surface area contributed by atoms with E-state index in [4.69, 9.17) is 0 Å². The van der Waals surface area contributed by atoms with Crippen molar-refractivity contribution >= 4 is 34.0 Å². The first-order valence-electron chi connectivity index (χ1n) is 8.60. The largest absolute Gasteiger partial charge is 0.308 e. The van der Waals surface area contributed by atoms with Crippen molar-refractivity contribution in [2.75, 3.05) is 5.32 Å². The maximum atomic E-state index is 14.8. The molecule has 4 rings (SSSR count). The van der Waals surface area contributed by atoms with Gasteiger partial charge in [0, 0.05) is 17.1 Å². The first kappa shape index (κ1) is 17.0. The smallest absolute Gasteiger partial charge is 0.263 e. The molecule has 1 N–H and O–H groups in total. The van der Waals surface area contributed by atoms with Gasteiger partial charge in [0.1, 0.15) is 15.8 Å². The average Bonchev–Trinajstić information content (AvgIpc) is 3.08. The Balaban J connectivity index is 1.61. The predicted octanol–water partition coefficient (Wildman–Crippen LogP) is 4.07. The van der Waals surface area contributed by atoms with E-state index in [1.807, 2.05) is 13.0 Å². The molecular weight excluding hydrogens is 353 g/mol. The minimum absolute atomic E-state index is 0.272. The molecule has 0 unspecified atom stereocenters. The summed E-state index contributed by atoms with van der Waals surface area (Å²) in [6.45, 7) is 1.89. The van der Waals surface area contributed by atoms with E-state index in [9.17, 15) is 9.18 Å². The van der Waals surface area contributed by atoms with Gasteiger partial charge in [0.25, 0.3) is 5.91 Å². The van der Waals surface area contributed by atoms with Crippen LogP contribution in [0.2, 0.25) is 0 Å². The van der Waals surface area contributed by atoms with Gasteiger partial charge in [-0.1, -0.05) is 17.8 Å². The van der Waals surface area contributed by atoms with Crippen LogP contribution in [-0.2, 0) is 4.79 Å². The fraction of sp³-hybridized carbons (Fsp3) is 0.389. The van der Waals surface area contributed by atoms with E-state index in [0.29, 0.717) is 11.3 Å². The number of carbonyl (C=O) groups is 1. The summed E-state index contributed by atoms with van der Waals surface area (Å²) in [4.78, 5) is 20.9. The number of fused-ring (bicyclic) bond motifs is 1. The van der Waals surface area contributed by atoms with Crippen molar-refractivity contribution in [2.45, 2.75) is 44.7 Å². The highest BCUT2D eigenvalue weighted by Crippen LogP contribution is 2.33. The molecule has 0 bridgehead atoms. The van der Waals surface area contributed by atoms with Crippen molar-refractivity contribution in [3.05, 3.63) is 29.5 Å². The van der Waals surface area contributed by atoms with Crippen LogP contribution in [0.15, 0.2) is 24.5 Å². The van der Waals surface area contributed by atoms with Crippen molar-refractivity contribution in [3.8, 4) is 10.6 Å². The quantitative estimate of drug-likeness (QED) is 0.751. The van der Waals surface area contributed by atoms with Crippen molar-refractivity contribution in [1.82, 2.24) is 20.2 Å². The average molecular weight is 371 g/mol. The number of pyridine rings is 2. The maximum Gasteiger partial charge on any atom is 0.263 e. The van der Waals surface area contributed by atoms with Crippen molar-refractivity contribution < 1.29 is 9.18 Å². The molecule has 3 aromatic heterocycles. The van der Waals surface area contributed by atoms with E-state index < -0.39 is 11.6 Å². The van der Waals surface area contributed by atoms with Gasteiger partial charge in [-0.3, -0.25) is 9.78 Å². The summed E-state index contributed by atoms with van der Waals surface area (Å²) in [5.74, 6) is -0.273. The Morgan fingerprint density at radius 2 is 1.96 bits per heavy atom. The van der Waals surface area contributed by atoms with E-state index in [0.717, 1.165) is 40.2 Å². The lowest BCUT2D eigenvalue weighted by atomic mass is 9.86. The fourth-order valence-corrected chi connectivity index (χ4v) is 3.87. The van der Waals surface area contributed by atoms with Crippen LogP contribution < -0.4 is 5.32 Å². The lowest BCUT2D eigenvalue weighted by Gasteiger charge is -2.27. The Labute approximate surface area is 153 Å². The molecule has 3 aromatic rings. The van der Waals surface area contributed by atoms with Gasteiger partial charge in [-0.25, -0.2) is 9.37 Å². The Bertz CT molecular complexity index is 967. The van der Waals surface area contributed by atoms with Crippen LogP contribution in [0.4, 0.5) is 10.2 Å². The molecule has 0 atom stereocenters. The summed E-state index contributed by atoms with van der Waals surface area (Å²) in [5, 5.41) is 13.2. The van der Waals surface area contributed by atoms with Gasteiger partial charge < -0.3 is 5.32 Å². The zero-order chi connectivity index (χ0) is 18.1. The first-order valence-corrected chi connectivity index (χ1v) is 9.42. The number of carbonyl (C=O) groups excluding carboxylic acids is 1. The number of hydrogen-bond donors (Lipinski definition) is 1. The number of halogens is 1. The third-order valence-corrected chi connectivity index (χ3v) is 5.52. The molecule has 134 valence electrons.